The van der Waals surface area contributed by atoms with E-state index < -0.39 is 0 Å². The van der Waals surface area contributed by atoms with Crippen molar-refractivity contribution >= 4 is 29.3 Å². The molecule has 18 heavy (non-hydrogen) atoms. The van der Waals surface area contributed by atoms with Gasteiger partial charge < -0.3 is 4.74 Å². The first-order valence-corrected chi connectivity index (χ1v) is 6.39. The van der Waals surface area contributed by atoms with Crippen LogP contribution >= 0.6 is 23.2 Å². The van der Waals surface area contributed by atoms with Crippen LogP contribution in [0.3, 0.4) is 0 Å². The Kier molecular flexibility index (Phi) is 3.02. The largest absolute Gasteiger partial charge is 0.481 e. The Labute approximate surface area is 116 Å². The Morgan fingerprint density at radius 2 is 1.78 bits per heavy atom. The predicted molar refractivity (Wildman–Crippen MR) is 75.3 cm³/mol. The molecule has 1 aliphatic rings. The van der Waals surface area contributed by atoms with Crippen LogP contribution in [0.2, 0.25) is 10.0 Å². The van der Waals surface area contributed by atoms with Crippen molar-refractivity contribution in [3.05, 3.63) is 69.7 Å². The Hall–Kier alpha value is -1.44. The van der Waals surface area contributed by atoms with Gasteiger partial charge in [0.2, 0.25) is 0 Å². The number of ether oxygens (including phenoxy) is 1. The normalized spacial score (nSPS) is 17.1. The number of hydrogen-bond donors (Lipinski definition) is 0. The Bertz CT molecular complexity index is 620. The molecule has 90 valence electrons. The van der Waals surface area contributed by atoms with Crippen LogP contribution in [0.1, 0.15) is 17.2 Å². The zero-order valence-electron chi connectivity index (χ0n) is 9.44. The Balaban J connectivity index is 2.00. The summed E-state index contributed by atoms with van der Waals surface area (Å²) in [6.45, 7) is 0. The maximum absolute atomic E-state index is 6.21. The first-order chi connectivity index (χ1) is 8.75. The molecule has 1 atom stereocenters. The number of fused-ring (bicyclic) bond motifs is 1. The summed E-state index contributed by atoms with van der Waals surface area (Å²) < 4.78 is 5.92. The first kappa shape index (κ1) is 11.6. The number of halogens is 2. The first-order valence-electron chi connectivity index (χ1n) is 5.63. The molecule has 0 spiro atoms. The SMILES string of the molecule is Clc1cccc(C2C=Cc3ccccc3O2)c1Cl. The highest BCUT2D eigenvalue weighted by Gasteiger charge is 2.19. The van der Waals surface area contributed by atoms with Crippen LogP contribution in [0.15, 0.2) is 48.5 Å². The second-order valence-electron chi connectivity index (χ2n) is 4.08. The molecule has 0 amide bonds. The highest BCUT2D eigenvalue weighted by molar-refractivity contribution is 6.42. The second kappa shape index (κ2) is 4.68. The van der Waals surface area contributed by atoms with E-state index in [4.69, 9.17) is 27.9 Å². The van der Waals surface area contributed by atoms with Gasteiger partial charge in [-0.1, -0.05) is 59.6 Å². The zero-order valence-corrected chi connectivity index (χ0v) is 10.9. The zero-order chi connectivity index (χ0) is 12.5. The van der Waals surface area contributed by atoms with E-state index >= 15 is 0 Å². The summed E-state index contributed by atoms with van der Waals surface area (Å²) in [5.41, 5.74) is 1.96. The van der Waals surface area contributed by atoms with Gasteiger partial charge in [0.1, 0.15) is 11.9 Å². The maximum Gasteiger partial charge on any atom is 0.144 e. The minimum atomic E-state index is -0.189. The van der Waals surface area contributed by atoms with Crippen molar-refractivity contribution in [2.45, 2.75) is 6.10 Å². The molecular weight excluding hydrogens is 267 g/mol. The van der Waals surface area contributed by atoms with E-state index in [1.54, 1.807) is 6.07 Å². The van der Waals surface area contributed by atoms with E-state index in [0.717, 1.165) is 16.9 Å². The molecule has 0 aliphatic carbocycles. The third-order valence-electron chi connectivity index (χ3n) is 2.91. The lowest BCUT2D eigenvalue weighted by atomic mass is 10.0. The molecule has 0 aromatic heterocycles. The van der Waals surface area contributed by atoms with Crippen LogP contribution in [0.25, 0.3) is 6.08 Å². The molecule has 3 rings (SSSR count). The topological polar surface area (TPSA) is 9.23 Å². The third kappa shape index (κ3) is 2.00. The van der Waals surface area contributed by atoms with Crippen molar-refractivity contribution in [1.29, 1.82) is 0 Å². The fraction of sp³-hybridized carbons (Fsp3) is 0.0667. The molecule has 1 aliphatic heterocycles. The number of rotatable bonds is 1. The highest BCUT2D eigenvalue weighted by atomic mass is 35.5. The standard InChI is InChI=1S/C15H10Cl2O/c16-12-6-3-5-11(15(12)17)14-9-8-10-4-1-2-7-13(10)18-14/h1-9,14H. The minimum absolute atomic E-state index is 0.189. The van der Waals surface area contributed by atoms with Gasteiger partial charge in [0.15, 0.2) is 0 Å². The van der Waals surface area contributed by atoms with Crippen molar-refractivity contribution in [2.75, 3.05) is 0 Å². The smallest absolute Gasteiger partial charge is 0.144 e. The van der Waals surface area contributed by atoms with Crippen molar-refractivity contribution in [3.63, 3.8) is 0 Å². The van der Waals surface area contributed by atoms with Gasteiger partial charge in [-0.05, 0) is 18.2 Å². The van der Waals surface area contributed by atoms with E-state index in [2.05, 4.69) is 0 Å². The summed E-state index contributed by atoms with van der Waals surface area (Å²) in [7, 11) is 0. The highest BCUT2D eigenvalue weighted by Crippen LogP contribution is 2.37. The van der Waals surface area contributed by atoms with E-state index in [-0.39, 0.29) is 6.10 Å². The molecule has 2 aromatic carbocycles. The van der Waals surface area contributed by atoms with Gasteiger partial charge in [0, 0.05) is 11.1 Å². The average molecular weight is 277 g/mol. The lowest BCUT2D eigenvalue weighted by Gasteiger charge is -2.22. The Morgan fingerprint density at radius 1 is 0.944 bits per heavy atom. The Morgan fingerprint density at radius 3 is 2.67 bits per heavy atom. The molecule has 3 heteroatoms. The molecule has 0 saturated heterocycles. The maximum atomic E-state index is 6.21. The summed E-state index contributed by atoms with van der Waals surface area (Å²) in [4.78, 5) is 0. The molecule has 1 nitrogen and oxygen atoms in total. The fourth-order valence-corrected chi connectivity index (χ4v) is 2.42. The van der Waals surface area contributed by atoms with Gasteiger partial charge in [0.05, 0.1) is 10.0 Å². The van der Waals surface area contributed by atoms with Gasteiger partial charge in [0.25, 0.3) is 0 Å². The number of benzene rings is 2. The minimum Gasteiger partial charge on any atom is -0.481 e. The average Bonchev–Trinajstić information content (AvgIpc) is 2.41. The van der Waals surface area contributed by atoms with Gasteiger partial charge >= 0.3 is 0 Å². The van der Waals surface area contributed by atoms with Crippen molar-refractivity contribution in [2.24, 2.45) is 0 Å². The molecule has 0 radical (unpaired) electrons. The lowest BCUT2D eigenvalue weighted by molar-refractivity contribution is 0.252. The van der Waals surface area contributed by atoms with Gasteiger partial charge in [-0.3, -0.25) is 0 Å². The van der Waals surface area contributed by atoms with Crippen LogP contribution in [-0.4, -0.2) is 0 Å². The van der Waals surface area contributed by atoms with Crippen molar-refractivity contribution < 1.29 is 4.74 Å². The van der Waals surface area contributed by atoms with Crippen LogP contribution in [0, 0.1) is 0 Å². The van der Waals surface area contributed by atoms with Crippen LogP contribution in [0.4, 0.5) is 0 Å². The summed E-state index contributed by atoms with van der Waals surface area (Å²) in [5.74, 6) is 0.862. The quantitative estimate of drug-likeness (QED) is 0.701. The van der Waals surface area contributed by atoms with Crippen LogP contribution < -0.4 is 4.74 Å². The second-order valence-corrected chi connectivity index (χ2v) is 4.86. The molecule has 0 saturated carbocycles. The van der Waals surface area contributed by atoms with Gasteiger partial charge in [-0.25, -0.2) is 0 Å². The van der Waals surface area contributed by atoms with Crippen LogP contribution in [0.5, 0.6) is 5.75 Å². The fourth-order valence-electron chi connectivity index (χ4n) is 2.00. The van der Waals surface area contributed by atoms with E-state index in [0.29, 0.717) is 10.0 Å². The molecular formula is C15H10Cl2O. The number of hydrogen-bond acceptors (Lipinski definition) is 1. The van der Waals surface area contributed by atoms with E-state index in [1.165, 1.54) is 0 Å². The predicted octanol–water partition coefficient (Wildman–Crippen LogP) is 5.14. The van der Waals surface area contributed by atoms with E-state index in [1.807, 2.05) is 48.6 Å². The summed E-state index contributed by atoms with van der Waals surface area (Å²) >= 11 is 12.2. The lowest BCUT2D eigenvalue weighted by Crippen LogP contribution is -2.09. The summed E-state index contributed by atoms with van der Waals surface area (Å²) in [6.07, 6.45) is 3.84. The monoisotopic (exact) mass is 276 g/mol. The van der Waals surface area contributed by atoms with Crippen molar-refractivity contribution in [1.82, 2.24) is 0 Å². The van der Waals surface area contributed by atoms with Crippen LogP contribution in [-0.2, 0) is 0 Å². The molecule has 2 aromatic rings. The third-order valence-corrected chi connectivity index (χ3v) is 3.75. The van der Waals surface area contributed by atoms with E-state index in [9.17, 15) is 0 Å². The molecule has 0 N–H and O–H groups in total. The van der Waals surface area contributed by atoms with Gasteiger partial charge in [-0.2, -0.15) is 0 Å². The van der Waals surface area contributed by atoms with Crippen molar-refractivity contribution in [3.8, 4) is 5.75 Å². The van der Waals surface area contributed by atoms with Gasteiger partial charge in [-0.15, -0.1) is 0 Å². The summed E-state index contributed by atoms with van der Waals surface area (Å²) in [5, 5.41) is 1.10. The number of para-hydroxylation sites is 1. The molecule has 1 unspecified atom stereocenters. The summed E-state index contributed by atoms with van der Waals surface area (Å²) in [6, 6.07) is 13.5. The molecule has 0 fully saturated rings. The molecule has 0 bridgehead atoms. The molecule has 1 heterocycles.